The molecule has 202 valence electrons. The molecule has 4 rings (SSSR count). The van der Waals surface area contributed by atoms with Gasteiger partial charge in [0.1, 0.15) is 12.4 Å². The number of fused-ring (bicyclic) bond motifs is 1. The molecule has 0 saturated heterocycles. The Morgan fingerprint density at radius 3 is 2.54 bits per heavy atom. The molecular formula is C29H28N2O7S. The van der Waals surface area contributed by atoms with Gasteiger partial charge >= 0.3 is 11.9 Å². The Bertz CT molecular complexity index is 1630. The minimum Gasteiger partial charge on any atom is -0.493 e. The number of aromatic nitrogens is 1. The van der Waals surface area contributed by atoms with E-state index in [1.165, 1.54) is 29.9 Å². The molecule has 1 aliphatic heterocycles. The van der Waals surface area contributed by atoms with Gasteiger partial charge in [-0.2, -0.15) is 0 Å². The van der Waals surface area contributed by atoms with E-state index < -0.39 is 18.0 Å². The van der Waals surface area contributed by atoms with Gasteiger partial charge in [0.05, 0.1) is 35.6 Å². The lowest BCUT2D eigenvalue weighted by atomic mass is 9.96. The van der Waals surface area contributed by atoms with Crippen LogP contribution in [0, 0.1) is 0 Å². The van der Waals surface area contributed by atoms with Crippen LogP contribution >= 0.6 is 11.3 Å². The Balaban J connectivity index is 1.85. The second kappa shape index (κ2) is 12.0. The Hall–Kier alpha value is -4.44. The maximum absolute atomic E-state index is 13.8. The molecule has 1 atom stereocenters. The lowest BCUT2D eigenvalue weighted by molar-refractivity contribution is -0.139. The van der Waals surface area contributed by atoms with Crippen LogP contribution in [0.1, 0.15) is 37.9 Å². The summed E-state index contributed by atoms with van der Waals surface area (Å²) in [7, 11) is 1.47. The molecule has 0 fully saturated rings. The topological polar surface area (TPSA) is 105 Å². The Morgan fingerprint density at radius 2 is 1.90 bits per heavy atom. The van der Waals surface area contributed by atoms with Gasteiger partial charge in [0, 0.05) is 6.92 Å². The van der Waals surface area contributed by atoms with Gasteiger partial charge in [-0.15, -0.1) is 0 Å². The van der Waals surface area contributed by atoms with Gasteiger partial charge in [-0.25, -0.2) is 9.79 Å². The second-order valence-electron chi connectivity index (χ2n) is 8.47. The van der Waals surface area contributed by atoms with Crippen LogP contribution in [0.4, 0.5) is 0 Å². The van der Waals surface area contributed by atoms with Crippen LogP contribution < -0.4 is 29.1 Å². The number of hydrogen-bond acceptors (Lipinski definition) is 9. The third-order valence-electron chi connectivity index (χ3n) is 5.82. The van der Waals surface area contributed by atoms with E-state index in [1.54, 1.807) is 56.3 Å². The molecule has 1 aromatic heterocycles. The van der Waals surface area contributed by atoms with Crippen molar-refractivity contribution in [3.63, 3.8) is 0 Å². The highest BCUT2D eigenvalue weighted by Gasteiger charge is 2.33. The van der Waals surface area contributed by atoms with Gasteiger partial charge in [0.25, 0.3) is 5.56 Å². The van der Waals surface area contributed by atoms with E-state index in [0.717, 1.165) is 0 Å². The highest BCUT2D eigenvalue weighted by atomic mass is 32.1. The van der Waals surface area contributed by atoms with Gasteiger partial charge < -0.3 is 18.9 Å². The predicted octanol–water partition coefficient (Wildman–Crippen LogP) is 3.30. The summed E-state index contributed by atoms with van der Waals surface area (Å²) in [6.07, 6.45) is 3.35. The number of allylic oxidation sites excluding steroid dienone is 1. The van der Waals surface area contributed by atoms with Gasteiger partial charge in [0.15, 0.2) is 16.3 Å². The summed E-state index contributed by atoms with van der Waals surface area (Å²) < 4.78 is 23.4. The molecule has 39 heavy (non-hydrogen) atoms. The van der Waals surface area contributed by atoms with Crippen molar-refractivity contribution < 1.29 is 28.5 Å². The number of hydrogen-bond donors (Lipinski definition) is 0. The summed E-state index contributed by atoms with van der Waals surface area (Å²) >= 11 is 1.21. The normalized spacial score (nSPS) is 14.8. The highest BCUT2D eigenvalue weighted by Crippen LogP contribution is 2.32. The van der Waals surface area contributed by atoms with E-state index >= 15 is 0 Å². The van der Waals surface area contributed by atoms with E-state index in [2.05, 4.69) is 11.6 Å². The zero-order valence-corrected chi connectivity index (χ0v) is 22.9. The highest BCUT2D eigenvalue weighted by molar-refractivity contribution is 7.07. The average molecular weight is 549 g/mol. The first-order valence-corrected chi connectivity index (χ1v) is 13.0. The second-order valence-corrected chi connectivity index (χ2v) is 9.48. The number of rotatable bonds is 9. The molecule has 0 bridgehead atoms. The molecule has 0 spiro atoms. The van der Waals surface area contributed by atoms with Crippen molar-refractivity contribution in [2.45, 2.75) is 26.8 Å². The Kier molecular flexibility index (Phi) is 8.46. The van der Waals surface area contributed by atoms with Crippen molar-refractivity contribution >= 4 is 29.4 Å². The van der Waals surface area contributed by atoms with Gasteiger partial charge in [-0.1, -0.05) is 42.2 Å². The van der Waals surface area contributed by atoms with Crippen molar-refractivity contribution in [2.75, 3.05) is 20.3 Å². The first-order chi connectivity index (χ1) is 18.8. The molecule has 0 radical (unpaired) electrons. The number of nitrogens with zero attached hydrogens (tertiary/aromatic N) is 2. The number of benzene rings is 2. The van der Waals surface area contributed by atoms with Crippen molar-refractivity contribution in [3.8, 4) is 17.2 Å². The summed E-state index contributed by atoms with van der Waals surface area (Å²) in [5, 5.41) is 0. The monoisotopic (exact) mass is 548 g/mol. The summed E-state index contributed by atoms with van der Waals surface area (Å²) in [6.45, 7) is 8.96. The van der Waals surface area contributed by atoms with Gasteiger partial charge in [-0.05, 0) is 55.3 Å². The van der Waals surface area contributed by atoms with Crippen LogP contribution in [-0.2, 0) is 14.3 Å². The Morgan fingerprint density at radius 1 is 1.15 bits per heavy atom. The molecule has 3 aromatic rings. The maximum atomic E-state index is 13.8. The van der Waals surface area contributed by atoms with E-state index in [4.69, 9.17) is 18.9 Å². The molecule has 0 aliphatic carbocycles. The Labute approximate surface area is 228 Å². The number of carbonyl (C=O) groups is 2. The molecule has 9 nitrogen and oxygen atoms in total. The zero-order valence-electron chi connectivity index (χ0n) is 22.1. The standard InChI is InChI=1S/C29H28N2O7S/c1-6-14-37-21-11-9-20(10-12-21)26-25(28(34)36-7-2)17(3)30-29-31(26)27(33)24(39-29)16-19-8-13-22(38-18(4)32)23(15-19)35-5/h6,8-13,15-16,26H,1,7,14H2,2-5H3/b24-16-/t26-/m0/s1. The minimum atomic E-state index is -0.739. The fourth-order valence-corrected chi connectivity index (χ4v) is 5.22. The van der Waals surface area contributed by atoms with E-state index in [0.29, 0.717) is 49.8 Å². The smallest absolute Gasteiger partial charge is 0.338 e. The molecule has 10 heteroatoms. The fourth-order valence-electron chi connectivity index (χ4n) is 4.17. The molecule has 0 N–H and O–H groups in total. The van der Waals surface area contributed by atoms with Crippen LogP contribution in [0.15, 0.2) is 76.2 Å². The number of thiazole rings is 1. The lowest BCUT2D eigenvalue weighted by Gasteiger charge is -2.24. The van der Waals surface area contributed by atoms with E-state index in [1.807, 2.05) is 12.1 Å². The van der Waals surface area contributed by atoms with Crippen LogP contribution in [-0.4, -0.2) is 36.8 Å². The largest absolute Gasteiger partial charge is 0.493 e. The summed E-state index contributed by atoms with van der Waals surface area (Å²) in [4.78, 5) is 43.3. The summed E-state index contributed by atoms with van der Waals surface area (Å²) in [5.41, 5.74) is 1.83. The third-order valence-corrected chi connectivity index (χ3v) is 6.80. The first kappa shape index (κ1) is 27.6. The lowest BCUT2D eigenvalue weighted by Crippen LogP contribution is -2.39. The van der Waals surface area contributed by atoms with Crippen LogP contribution in [0.3, 0.4) is 0 Å². The van der Waals surface area contributed by atoms with E-state index in [-0.39, 0.29) is 17.9 Å². The van der Waals surface area contributed by atoms with Crippen molar-refractivity contribution in [2.24, 2.45) is 4.99 Å². The average Bonchev–Trinajstić information content (AvgIpc) is 3.21. The molecule has 2 heterocycles. The number of esters is 2. The predicted molar refractivity (Wildman–Crippen MR) is 147 cm³/mol. The van der Waals surface area contributed by atoms with Crippen LogP contribution in [0.5, 0.6) is 17.2 Å². The minimum absolute atomic E-state index is 0.187. The molecule has 2 aromatic carbocycles. The third kappa shape index (κ3) is 5.85. The van der Waals surface area contributed by atoms with Crippen LogP contribution in [0.2, 0.25) is 0 Å². The summed E-state index contributed by atoms with van der Waals surface area (Å²) in [6, 6.07) is 11.4. The van der Waals surface area contributed by atoms with Crippen molar-refractivity contribution in [3.05, 3.63) is 97.2 Å². The molecular weight excluding hydrogens is 520 g/mol. The molecule has 1 aliphatic rings. The molecule has 0 unspecified atom stereocenters. The maximum Gasteiger partial charge on any atom is 0.338 e. The fraction of sp³-hybridized carbons (Fsp3) is 0.241. The summed E-state index contributed by atoms with van der Waals surface area (Å²) in [5.74, 6) is 0.261. The van der Waals surface area contributed by atoms with Crippen LogP contribution in [0.25, 0.3) is 6.08 Å². The molecule has 0 amide bonds. The zero-order chi connectivity index (χ0) is 28.1. The number of methoxy groups -OCH3 is 1. The SMILES string of the molecule is C=CCOc1ccc([C@H]2C(C(=O)OCC)=C(C)N=c3s/c(=C\c4ccc(OC(C)=O)c(OC)c4)c(=O)n32)cc1. The molecule has 0 saturated carbocycles. The van der Waals surface area contributed by atoms with Crippen molar-refractivity contribution in [1.82, 2.24) is 4.57 Å². The van der Waals surface area contributed by atoms with Gasteiger partial charge in [0.2, 0.25) is 0 Å². The van der Waals surface area contributed by atoms with Crippen molar-refractivity contribution in [1.29, 1.82) is 0 Å². The number of carbonyl (C=O) groups excluding carboxylic acids is 2. The first-order valence-electron chi connectivity index (χ1n) is 12.2. The quantitative estimate of drug-likeness (QED) is 0.230. The van der Waals surface area contributed by atoms with Gasteiger partial charge in [-0.3, -0.25) is 14.2 Å². The van der Waals surface area contributed by atoms with E-state index in [9.17, 15) is 14.4 Å². The number of ether oxygens (including phenoxy) is 4.